The highest BCUT2D eigenvalue weighted by atomic mass is 16.5. The first kappa shape index (κ1) is 9.46. The van der Waals surface area contributed by atoms with Gasteiger partial charge < -0.3 is 9.47 Å². The summed E-state index contributed by atoms with van der Waals surface area (Å²) in [4.78, 5) is 4.38. The van der Waals surface area contributed by atoms with E-state index in [1.54, 1.807) is 0 Å². The molecule has 1 fully saturated rings. The summed E-state index contributed by atoms with van der Waals surface area (Å²) in [5, 5.41) is 0. The van der Waals surface area contributed by atoms with Crippen LogP contribution in [0, 0.1) is 0 Å². The molecule has 76 valence electrons. The molecule has 0 radical (unpaired) electrons. The molecular formula is C11H15NO2. The molecule has 0 saturated carbocycles. The first-order chi connectivity index (χ1) is 6.88. The minimum Gasteiger partial charge on any atom is -0.472 e. The fourth-order valence-electron chi connectivity index (χ4n) is 1.50. The largest absolute Gasteiger partial charge is 0.472 e. The number of pyridine rings is 1. The summed E-state index contributed by atoms with van der Waals surface area (Å²) in [6.45, 7) is 3.58. The van der Waals surface area contributed by atoms with Gasteiger partial charge in [0.2, 0.25) is 5.88 Å². The number of hydrogen-bond acceptors (Lipinski definition) is 3. The van der Waals surface area contributed by atoms with E-state index in [0.29, 0.717) is 6.61 Å². The van der Waals surface area contributed by atoms with Crippen LogP contribution in [0.5, 0.6) is 5.88 Å². The summed E-state index contributed by atoms with van der Waals surface area (Å²) in [5.74, 6) is 0.722. The maximum Gasteiger partial charge on any atom is 0.213 e. The lowest BCUT2D eigenvalue weighted by molar-refractivity contribution is 0.138. The Balaban J connectivity index is 2.00. The number of hydrogen-bond donors (Lipinski definition) is 0. The molecule has 1 saturated heterocycles. The number of aryl methyl sites for hydroxylation is 1. The van der Waals surface area contributed by atoms with Gasteiger partial charge in [-0.15, -0.1) is 0 Å². The maximum atomic E-state index is 5.68. The van der Waals surface area contributed by atoms with Crippen molar-refractivity contribution in [1.82, 2.24) is 4.98 Å². The van der Waals surface area contributed by atoms with Gasteiger partial charge in [-0.25, -0.2) is 4.98 Å². The first-order valence-corrected chi connectivity index (χ1v) is 5.09. The number of rotatable bonds is 3. The average molecular weight is 193 g/mol. The zero-order valence-electron chi connectivity index (χ0n) is 8.40. The molecule has 3 heteroatoms. The van der Waals surface area contributed by atoms with E-state index in [2.05, 4.69) is 11.9 Å². The van der Waals surface area contributed by atoms with Crippen LogP contribution in [-0.2, 0) is 11.2 Å². The van der Waals surface area contributed by atoms with Crippen LogP contribution in [0.1, 0.15) is 19.0 Å². The van der Waals surface area contributed by atoms with Crippen molar-refractivity contribution < 1.29 is 9.47 Å². The summed E-state index contributed by atoms with van der Waals surface area (Å²) >= 11 is 0. The van der Waals surface area contributed by atoms with Gasteiger partial charge in [0, 0.05) is 18.2 Å². The summed E-state index contributed by atoms with van der Waals surface area (Å²) in [5.41, 5.74) is 1.07. The van der Waals surface area contributed by atoms with Gasteiger partial charge in [-0.3, -0.25) is 0 Å². The van der Waals surface area contributed by atoms with Gasteiger partial charge in [-0.1, -0.05) is 13.0 Å². The van der Waals surface area contributed by atoms with Crippen molar-refractivity contribution in [3.8, 4) is 5.88 Å². The minimum absolute atomic E-state index is 0.189. The number of aromatic nitrogens is 1. The molecule has 1 aliphatic rings. The van der Waals surface area contributed by atoms with Gasteiger partial charge in [0.05, 0.1) is 13.2 Å². The lowest BCUT2D eigenvalue weighted by Gasteiger charge is -2.10. The molecule has 0 aliphatic carbocycles. The molecule has 1 aliphatic heterocycles. The van der Waals surface area contributed by atoms with Crippen LogP contribution in [0.2, 0.25) is 0 Å². The van der Waals surface area contributed by atoms with Gasteiger partial charge in [0.1, 0.15) is 6.10 Å². The SMILES string of the molecule is CCc1cccc(OC2CCOC2)n1. The van der Waals surface area contributed by atoms with E-state index in [-0.39, 0.29) is 6.10 Å². The molecule has 1 unspecified atom stereocenters. The molecule has 14 heavy (non-hydrogen) atoms. The third-order valence-electron chi connectivity index (χ3n) is 2.32. The molecule has 1 atom stereocenters. The Labute approximate surface area is 84.1 Å². The highest BCUT2D eigenvalue weighted by molar-refractivity contribution is 5.16. The van der Waals surface area contributed by atoms with Crippen LogP contribution in [-0.4, -0.2) is 24.3 Å². The molecule has 1 aromatic rings. The second-order valence-corrected chi connectivity index (χ2v) is 3.42. The Morgan fingerprint density at radius 2 is 2.50 bits per heavy atom. The normalized spacial score (nSPS) is 21.1. The van der Waals surface area contributed by atoms with Crippen molar-refractivity contribution in [2.24, 2.45) is 0 Å². The molecule has 2 rings (SSSR count). The third-order valence-corrected chi connectivity index (χ3v) is 2.32. The Hall–Kier alpha value is -1.09. The van der Waals surface area contributed by atoms with E-state index in [1.165, 1.54) is 0 Å². The molecule has 0 amide bonds. The van der Waals surface area contributed by atoms with E-state index in [0.717, 1.165) is 31.0 Å². The van der Waals surface area contributed by atoms with Crippen molar-refractivity contribution in [3.05, 3.63) is 23.9 Å². The van der Waals surface area contributed by atoms with Crippen molar-refractivity contribution >= 4 is 0 Å². The van der Waals surface area contributed by atoms with E-state index in [9.17, 15) is 0 Å². The lowest BCUT2D eigenvalue weighted by atomic mass is 10.3. The standard InChI is InChI=1S/C11H15NO2/c1-2-9-4-3-5-11(12-9)14-10-6-7-13-8-10/h3-5,10H,2,6-8H2,1H3. The number of ether oxygens (including phenoxy) is 2. The predicted octanol–water partition coefficient (Wildman–Crippen LogP) is 1.81. The summed E-state index contributed by atoms with van der Waals surface area (Å²) in [6.07, 6.45) is 2.10. The fraction of sp³-hybridized carbons (Fsp3) is 0.545. The Kier molecular flexibility index (Phi) is 2.99. The highest BCUT2D eigenvalue weighted by Gasteiger charge is 2.17. The summed E-state index contributed by atoms with van der Waals surface area (Å²) < 4.78 is 10.9. The molecule has 0 N–H and O–H groups in total. The molecular weight excluding hydrogens is 178 g/mol. The minimum atomic E-state index is 0.189. The van der Waals surface area contributed by atoms with Gasteiger partial charge in [0.15, 0.2) is 0 Å². The van der Waals surface area contributed by atoms with Gasteiger partial charge in [0.25, 0.3) is 0 Å². The molecule has 1 aromatic heterocycles. The van der Waals surface area contributed by atoms with Crippen LogP contribution in [0.4, 0.5) is 0 Å². The average Bonchev–Trinajstić information content (AvgIpc) is 2.71. The van der Waals surface area contributed by atoms with E-state index in [4.69, 9.17) is 9.47 Å². The first-order valence-electron chi connectivity index (χ1n) is 5.09. The fourth-order valence-corrected chi connectivity index (χ4v) is 1.50. The molecule has 3 nitrogen and oxygen atoms in total. The lowest BCUT2D eigenvalue weighted by Crippen LogP contribution is -2.16. The van der Waals surface area contributed by atoms with Crippen molar-refractivity contribution in [2.75, 3.05) is 13.2 Å². The molecule has 0 aromatic carbocycles. The van der Waals surface area contributed by atoms with E-state index in [1.807, 2.05) is 18.2 Å². The van der Waals surface area contributed by atoms with Crippen LogP contribution >= 0.6 is 0 Å². The molecule has 0 bridgehead atoms. The zero-order chi connectivity index (χ0) is 9.80. The Morgan fingerprint density at radius 3 is 3.21 bits per heavy atom. The van der Waals surface area contributed by atoms with Crippen molar-refractivity contribution in [3.63, 3.8) is 0 Å². The van der Waals surface area contributed by atoms with E-state index >= 15 is 0 Å². The predicted molar refractivity (Wildman–Crippen MR) is 53.5 cm³/mol. The van der Waals surface area contributed by atoms with Crippen LogP contribution in [0.3, 0.4) is 0 Å². The van der Waals surface area contributed by atoms with Crippen LogP contribution < -0.4 is 4.74 Å². The smallest absolute Gasteiger partial charge is 0.213 e. The van der Waals surface area contributed by atoms with Gasteiger partial charge in [-0.2, -0.15) is 0 Å². The van der Waals surface area contributed by atoms with Crippen LogP contribution in [0.25, 0.3) is 0 Å². The van der Waals surface area contributed by atoms with E-state index < -0.39 is 0 Å². The Morgan fingerprint density at radius 1 is 1.57 bits per heavy atom. The second kappa shape index (κ2) is 4.42. The van der Waals surface area contributed by atoms with Gasteiger partial charge in [-0.05, 0) is 12.5 Å². The van der Waals surface area contributed by atoms with Gasteiger partial charge >= 0.3 is 0 Å². The third kappa shape index (κ3) is 2.23. The highest BCUT2D eigenvalue weighted by Crippen LogP contribution is 2.14. The maximum absolute atomic E-state index is 5.68. The van der Waals surface area contributed by atoms with Crippen molar-refractivity contribution in [1.29, 1.82) is 0 Å². The molecule has 0 spiro atoms. The Bertz CT molecular complexity index is 295. The quantitative estimate of drug-likeness (QED) is 0.733. The second-order valence-electron chi connectivity index (χ2n) is 3.42. The summed E-state index contributed by atoms with van der Waals surface area (Å²) in [7, 11) is 0. The monoisotopic (exact) mass is 193 g/mol. The summed E-state index contributed by atoms with van der Waals surface area (Å²) in [6, 6.07) is 5.90. The zero-order valence-corrected chi connectivity index (χ0v) is 8.40. The molecule has 2 heterocycles. The van der Waals surface area contributed by atoms with Crippen LogP contribution in [0.15, 0.2) is 18.2 Å². The topological polar surface area (TPSA) is 31.4 Å². The van der Waals surface area contributed by atoms with Crippen molar-refractivity contribution in [2.45, 2.75) is 25.9 Å². The number of nitrogens with zero attached hydrogens (tertiary/aromatic N) is 1.